The maximum atomic E-state index is 13.6. The molecule has 1 aliphatic carbocycles. The third-order valence-corrected chi connectivity index (χ3v) is 10.4. The predicted molar refractivity (Wildman–Crippen MR) is 200 cm³/mol. The Kier molecular flexibility index (Phi) is 12.8. The van der Waals surface area contributed by atoms with Crippen LogP contribution >= 0.6 is 23.1 Å². The van der Waals surface area contributed by atoms with Gasteiger partial charge in [-0.2, -0.15) is 0 Å². The lowest BCUT2D eigenvalue weighted by molar-refractivity contribution is -0.384. The summed E-state index contributed by atoms with van der Waals surface area (Å²) < 4.78 is 5.38. The van der Waals surface area contributed by atoms with Crippen molar-refractivity contribution in [3.63, 3.8) is 0 Å². The van der Waals surface area contributed by atoms with Crippen molar-refractivity contribution < 1.29 is 28.8 Å². The van der Waals surface area contributed by atoms with Gasteiger partial charge in [-0.1, -0.05) is 37.1 Å². The third-order valence-electron chi connectivity index (χ3n) is 8.11. The van der Waals surface area contributed by atoms with E-state index in [0.29, 0.717) is 32.3 Å². The molecule has 0 fully saturated rings. The second-order valence-electron chi connectivity index (χ2n) is 11.8. The zero-order chi connectivity index (χ0) is 36.3. The molecule has 51 heavy (non-hydrogen) atoms. The molecule has 0 saturated heterocycles. The number of nitro groups is 1. The Labute approximate surface area is 304 Å². The molecule has 0 saturated carbocycles. The lowest BCUT2D eigenvalue weighted by atomic mass is 9.96. The molecule has 5 rings (SSSR count). The van der Waals surface area contributed by atoms with E-state index in [4.69, 9.17) is 4.74 Å². The normalized spacial score (nSPS) is 13.5. The van der Waals surface area contributed by atoms with Crippen LogP contribution in [0.5, 0.6) is 0 Å². The molecule has 0 bridgehead atoms. The molecule has 264 valence electrons. The van der Waals surface area contributed by atoms with Crippen molar-refractivity contribution in [2.45, 2.75) is 62.5 Å². The molecular formula is C38H38N4O7S2. The molecule has 0 radical (unpaired) electrons. The van der Waals surface area contributed by atoms with Gasteiger partial charge >= 0.3 is 5.97 Å². The molecular weight excluding hydrogens is 689 g/mol. The lowest BCUT2D eigenvalue weighted by Crippen LogP contribution is -2.30. The van der Waals surface area contributed by atoms with Gasteiger partial charge in [0.05, 0.1) is 22.3 Å². The smallest absolute Gasteiger partial charge is 0.341 e. The van der Waals surface area contributed by atoms with E-state index in [1.807, 2.05) is 6.07 Å². The first-order chi connectivity index (χ1) is 24.6. The average Bonchev–Trinajstić information content (AvgIpc) is 3.43. The average molecular weight is 727 g/mol. The van der Waals surface area contributed by atoms with Gasteiger partial charge in [0.2, 0.25) is 5.91 Å². The van der Waals surface area contributed by atoms with Crippen LogP contribution in [0, 0.1) is 10.1 Å². The van der Waals surface area contributed by atoms with Crippen molar-refractivity contribution in [2.24, 2.45) is 0 Å². The summed E-state index contributed by atoms with van der Waals surface area (Å²) in [5.74, 6) is -1.82. The summed E-state index contributed by atoms with van der Waals surface area (Å²) in [6.45, 7) is 3.77. The van der Waals surface area contributed by atoms with E-state index in [1.165, 1.54) is 53.4 Å². The van der Waals surface area contributed by atoms with Crippen LogP contribution in [-0.4, -0.2) is 40.5 Å². The number of aryl methyl sites for hydroxylation is 1. The standard InChI is InChI=1S/C38H38N4O7S2/c1-3-49-38(46)33-30-16-9-4-5-10-17-32(30)51-37(33)41-34(43)24(2)50-29-15-11-14-27(23-29)39-36(45)31(40-35(44)26-12-7-6-8-13-26)22-25-18-20-28(21-19-25)42(47)48/h6-8,11-15,18-24H,3-5,9-10,16-17H2,1-2H3,(H,39,45)(H,40,44)(H,41,43)/b31-22+. The first-order valence-electron chi connectivity index (χ1n) is 16.7. The zero-order valence-electron chi connectivity index (χ0n) is 28.2. The number of hydrogen-bond acceptors (Lipinski definition) is 9. The lowest BCUT2D eigenvalue weighted by Gasteiger charge is -2.14. The third kappa shape index (κ3) is 9.92. The zero-order valence-corrected chi connectivity index (χ0v) is 29.9. The summed E-state index contributed by atoms with van der Waals surface area (Å²) in [6, 6.07) is 20.9. The van der Waals surface area contributed by atoms with Crippen molar-refractivity contribution in [3.05, 3.63) is 122 Å². The van der Waals surface area contributed by atoms with Crippen molar-refractivity contribution in [3.8, 4) is 0 Å². The second kappa shape index (κ2) is 17.6. The molecule has 3 aromatic carbocycles. The van der Waals surface area contributed by atoms with E-state index in [0.717, 1.165) is 49.0 Å². The molecule has 0 spiro atoms. The number of carbonyl (C=O) groups is 4. The number of nitrogens with zero attached hydrogens (tertiary/aromatic N) is 1. The maximum Gasteiger partial charge on any atom is 0.341 e. The summed E-state index contributed by atoms with van der Waals surface area (Å²) in [4.78, 5) is 65.5. The van der Waals surface area contributed by atoms with Gasteiger partial charge in [-0.05, 0) is 99.2 Å². The predicted octanol–water partition coefficient (Wildman–Crippen LogP) is 8.02. The number of anilines is 2. The summed E-state index contributed by atoms with van der Waals surface area (Å²) in [6.07, 6.45) is 7.34. The molecule has 1 aromatic heterocycles. The van der Waals surface area contributed by atoms with Crippen LogP contribution in [0.3, 0.4) is 0 Å². The van der Waals surface area contributed by atoms with E-state index in [-0.39, 0.29) is 23.9 Å². The van der Waals surface area contributed by atoms with E-state index in [1.54, 1.807) is 62.4 Å². The van der Waals surface area contributed by atoms with Gasteiger partial charge in [0, 0.05) is 33.2 Å². The van der Waals surface area contributed by atoms with Gasteiger partial charge in [-0.3, -0.25) is 24.5 Å². The fourth-order valence-electron chi connectivity index (χ4n) is 5.54. The van der Waals surface area contributed by atoms with Crippen LogP contribution in [0.2, 0.25) is 0 Å². The van der Waals surface area contributed by atoms with Crippen LogP contribution in [0.15, 0.2) is 89.5 Å². The minimum atomic E-state index is -0.620. The summed E-state index contributed by atoms with van der Waals surface area (Å²) >= 11 is 2.74. The minimum Gasteiger partial charge on any atom is -0.462 e. The van der Waals surface area contributed by atoms with Crippen molar-refractivity contribution in [2.75, 3.05) is 17.2 Å². The van der Waals surface area contributed by atoms with Crippen LogP contribution in [0.25, 0.3) is 6.08 Å². The number of fused-ring (bicyclic) bond motifs is 1. The molecule has 11 nitrogen and oxygen atoms in total. The molecule has 0 aliphatic heterocycles. The fourth-order valence-corrected chi connectivity index (χ4v) is 7.75. The molecule has 3 N–H and O–H groups in total. The van der Waals surface area contributed by atoms with Crippen molar-refractivity contribution in [1.82, 2.24) is 5.32 Å². The van der Waals surface area contributed by atoms with E-state index in [2.05, 4.69) is 16.0 Å². The minimum absolute atomic E-state index is 0.0778. The highest BCUT2D eigenvalue weighted by Crippen LogP contribution is 2.38. The number of thioether (sulfide) groups is 1. The van der Waals surface area contributed by atoms with Gasteiger partial charge in [-0.25, -0.2) is 4.79 Å². The molecule has 3 amide bonds. The summed E-state index contributed by atoms with van der Waals surface area (Å²) in [5.41, 5.74) is 2.49. The molecule has 1 heterocycles. The van der Waals surface area contributed by atoms with Crippen LogP contribution in [0.1, 0.15) is 76.3 Å². The van der Waals surface area contributed by atoms with Gasteiger partial charge in [0.15, 0.2) is 0 Å². The molecule has 4 aromatic rings. The topological polar surface area (TPSA) is 157 Å². The number of non-ortho nitro benzene ring substituents is 1. The van der Waals surface area contributed by atoms with Gasteiger partial charge < -0.3 is 20.7 Å². The highest BCUT2D eigenvalue weighted by atomic mass is 32.2. The Balaban J connectivity index is 1.31. The number of hydrogen-bond donors (Lipinski definition) is 3. The number of nitro benzene ring substituents is 1. The summed E-state index contributed by atoms with van der Waals surface area (Å²) in [5, 5.41) is 19.5. The Morgan fingerprint density at radius 2 is 1.67 bits per heavy atom. The van der Waals surface area contributed by atoms with Gasteiger partial charge in [0.25, 0.3) is 17.5 Å². The Bertz CT molecular complexity index is 1940. The number of ether oxygens (including phenoxy) is 1. The maximum absolute atomic E-state index is 13.6. The van der Waals surface area contributed by atoms with Gasteiger partial charge in [-0.15, -0.1) is 23.1 Å². The molecule has 1 unspecified atom stereocenters. The Morgan fingerprint density at radius 3 is 2.37 bits per heavy atom. The van der Waals surface area contributed by atoms with Gasteiger partial charge in [0.1, 0.15) is 10.7 Å². The Morgan fingerprint density at radius 1 is 0.941 bits per heavy atom. The quantitative estimate of drug-likeness (QED) is 0.0436. The number of esters is 1. The number of amides is 3. The van der Waals surface area contributed by atoms with Crippen LogP contribution in [0.4, 0.5) is 16.4 Å². The number of carbonyl (C=O) groups excluding carboxylic acids is 4. The first-order valence-corrected chi connectivity index (χ1v) is 18.4. The second-order valence-corrected chi connectivity index (χ2v) is 14.3. The molecule has 1 aliphatic rings. The molecule has 13 heteroatoms. The largest absolute Gasteiger partial charge is 0.462 e. The van der Waals surface area contributed by atoms with Crippen molar-refractivity contribution in [1.29, 1.82) is 0 Å². The van der Waals surface area contributed by atoms with E-state index in [9.17, 15) is 29.3 Å². The number of nitrogens with one attached hydrogen (secondary N) is 3. The fraction of sp³-hybridized carbons (Fsp3) is 0.263. The monoisotopic (exact) mass is 726 g/mol. The van der Waals surface area contributed by atoms with E-state index < -0.39 is 28.0 Å². The first kappa shape index (κ1) is 37.0. The number of rotatable bonds is 12. The van der Waals surface area contributed by atoms with E-state index >= 15 is 0 Å². The highest BCUT2D eigenvalue weighted by Gasteiger charge is 2.27. The Hall–Kier alpha value is -5.27. The SMILES string of the molecule is CCOC(=O)c1c(NC(=O)C(C)Sc2cccc(NC(=O)/C(=C\c3ccc([N+](=O)[O-])cc3)NC(=O)c3ccccc3)c2)sc2c1CCCCCC2. The molecule has 1 atom stereocenters. The van der Waals surface area contributed by atoms with Crippen LogP contribution < -0.4 is 16.0 Å². The number of benzene rings is 3. The summed E-state index contributed by atoms with van der Waals surface area (Å²) in [7, 11) is 0. The number of thiophene rings is 1. The van der Waals surface area contributed by atoms with Crippen molar-refractivity contribution >= 4 is 69.2 Å². The van der Waals surface area contributed by atoms with Crippen LogP contribution in [-0.2, 0) is 27.2 Å². The highest BCUT2D eigenvalue weighted by molar-refractivity contribution is 8.00.